The van der Waals surface area contributed by atoms with Gasteiger partial charge in [0, 0.05) is 18.9 Å². The first kappa shape index (κ1) is 12.4. The molecular weight excluding hydrogens is 240 g/mol. The van der Waals surface area contributed by atoms with Gasteiger partial charge in [0.25, 0.3) is 0 Å². The van der Waals surface area contributed by atoms with Gasteiger partial charge in [-0.25, -0.2) is 0 Å². The van der Waals surface area contributed by atoms with Crippen LogP contribution in [0.1, 0.15) is 35.2 Å². The van der Waals surface area contributed by atoms with Crippen LogP contribution in [0.15, 0.2) is 28.8 Å². The summed E-state index contributed by atoms with van der Waals surface area (Å²) in [5.41, 5.74) is 2.58. The van der Waals surface area contributed by atoms with E-state index in [-0.39, 0.29) is 0 Å². The lowest BCUT2D eigenvalue weighted by molar-refractivity contribution is 0.192. The zero-order valence-electron chi connectivity index (χ0n) is 11.1. The zero-order chi connectivity index (χ0) is 13.1. The van der Waals surface area contributed by atoms with Crippen LogP contribution in [0, 0.1) is 6.92 Å². The van der Waals surface area contributed by atoms with E-state index in [0.29, 0.717) is 5.92 Å². The summed E-state index contributed by atoms with van der Waals surface area (Å²) in [6.07, 6.45) is 2.73. The number of rotatable bonds is 4. The first-order valence-corrected chi connectivity index (χ1v) is 6.77. The van der Waals surface area contributed by atoms with Crippen LogP contribution in [0.5, 0.6) is 0 Å². The molecule has 0 spiro atoms. The first-order valence-electron chi connectivity index (χ1n) is 6.77. The molecule has 1 aromatic heterocycles. The van der Waals surface area contributed by atoms with Crippen LogP contribution < -0.4 is 0 Å². The highest BCUT2D eigenvalue weighted by Gasteiger charge is 2.22. The highest BCUT2D eigenvalue weighted by molar-refractivity contribution is 5.21. The summed E-state index contributed by atoms with van der Waals surface area (Å²) in [6, 6.07) is 8.56. The van der Waals surface area contributed by atoms with Gasteiger partial charge in [-0.05, 0) is 25.3 Å². The molecule has 3 rings (SSSR count). The second-order valence-corrected chi connectivity index (χ2v) is 5.09. The van der Waals surface area contributed by atoms with E-state index in [1.54, 1.807) is 0 Å². The molecule has 4 heteroatoms. The van der Waals surface area contributed by atoms with Gasteiger partial charge in [0.15, 0.2) is 5.82 Å². The van der Waals surface area contributed by atoms with Gasteiger partial charge >= 0.3 is 0 Å². The summed E-state index contributed by atoms with van der Waals surface area (Å²) in [5, 5.41) is 4.06. The number of hydrogen-bond donors (Lipinski definition) is 0. The van der Waals surface area contributed by atoms with Crippen molar-refractivity contribution in [2.24, 2.45) is 0 Å². The number of hydrogen-bond acceptors (Lipinski definition) is 4. The van der Waals surface area contributed by atoms with Crippen LogP contribution in [0.3, 0.4) is 0 Å². The Balaban J connectivity index is 1.59. The standard InChI is InChI=1S/C15H18N2O2/c1-11-2-4-12(5-3-11)6-7-14-16-15(17-19-14)13-8-9-18-10-13/h2-5,13H,6-10H2,1H3/t13-/m1/s1. The number of benzene rings is 1. The highest BCUT2D eigenvalue weighted by atomic mass is 16.5. The molecule has 0 bridgehead atoms. The van der Waals surface area contributed by atoms with Crippen LogP contribution in [0.2, 0.25) is 0 Å². The Morgan fingerprint density at radius 3 is 2.79 bits per heavy atom. The van der Waals surface area contributed by atoms with Gasteiger partial charge < -0.3 is 9.26 Å². The molecule has 1 aliphatic heterocycles. The van der Waals surface area contributed by atoms with Crippen molar-refractivity contribution in [2.75, 3.05) is 13.2 Å². The average molecular weight is 258 g/mol. The molecule has 0 N–H and O–H groups in total. The van der Waals surface area contributed by atoms with Gasteiger partial charge in [-0.3, -0.25) is 0 Å². The highest BCUT2D eigenvalue weighted by Crippen LogP contribution is 2.22. The van der Waals surface area contributed by atoms with E-state index in [1.807, 2.05) is 0 Å². The topological polar surface area (TPSA) is 48.2 Å². The Labute approximate surface area is 112 Å². The first-order chi connectivity index (χ1) is 9.31. The van der Waals surface area contributed by atoms with Crippen LogP contribution in [0.25, 0.3) is 0 Å². The summed E-state index contributed by atoms with van der Waals surface area (Å²) < 4.78 is 10.6. The van der Waals surface area contributed by atoms with E-state index in [9.17, 15) is 0 Å². The quantitative estimate of drug-likeness (QED) is 0.846. The van der Waals surface area contributed by atoms with Crippen LogP contribution >= 0.6 is 0 Å². The SMILES string of the molecule is Cc1ccc(CCc2nc([C@@H]3CCOC3)no2)cc1. The van der Waals surface area contributed by atoms with Crippen molar-refractivity contribution >= 4 is 0 Å². The zero-order valence-corrected chi connectivity index (χ0v) is 11.1. The van der Waals surface area contributed by atoms with E-state index in [2.05, 4.69) is 41.3 Å². The lowest BCUT2D eigenvalue weighted by atomic mass is 10.1. The fourth-order valence-electron chi connectivity index (χ4n) is 2.28. The van der Waals surface area contributed by atoms with Gasteiger partial charge in [-0.1, -0.05) is 35.0 Å². The maximum absolute atomic E-state index is 5.34. The molecule has 0 saturated carbocycles. The van der Waals surface area contributed by atoms with Gasteiger partial charge in [0.1, 0.15) is 0 Å². The second kappa shape index (κ2) is 5.53. The van der Waals surface area contributed by atoms with Gasteiger partial charge in [0.2, 0.25) is 5.89 Å². The maximum Gasteiger partial charge on any atom is 0.226 e. The Bertz CT molecular complexity index is 527. The summed E-state index contributed by atoms with van der Waals surface area (Å²) >= 11 is 0. The Morgan fingerprint density at radius 2 is 2.05 bits per heavy atom. The van der Waals surface area contributed by atoms with E-state index >= 15 is 0 Å². The van der Waals surface area contributed by atoms with E-state index < -0.39 is 0 Å². The van der Waals surface area contributed by atoms with Crippen molar-refractivity contribution in [3.8, 4) is 0 Å². The van der Waals surface area contributed by atoms with Crippen molar-refractivity contribution in [3.63, 3.8) is 0 Å². The van der Waals surface area contributed by atoms with E-state index in [4.69, 9.17) is 9.26 Å². The number of nitrogens with zero attached hydrogens (tertiary/aromatic N) is 2. The summed E-state index contributed by atoms with van der Waals surface area (Å²) in [5.74, 6) is 1.84. The fraction of sp³-hybridized carbons (Fsp3) is 0.467. The van der Waals surface area contributed by atoms with Crippen LogP contribution in [-0.4, -0.2) is 23.4 Å². The molecule has 19 heavy (non-hydrogen) atoms. The van der Waals surface area contributed by atoms with Crippen molar-refractivity contribution in [1.82, 2.24) is 10.1 Å². The predicted molar refractivity (Wildman–Crippen MR) is 71.1 cm³/mol. The molecule has 1 aromatic carbocycles. The number of ether oxygens (including phenoxy) is 1. The average Bonchev–Trinajstić information content (AvgIpc) is 3.09. The van der Waals surface area contributed by atoms with Crippen LogP contribution in [0.4, 0.5) is 0 Å². The molecule has 1 saturated heterocycles. The Hall–Kier alpha value is -1.68. The lowest BCUT2D eigenvalue weighted by Gasteiger charge is -1.99. The molecule has 4 nitrogen and oxygen atoms in total. The molecule has 1 atom stereocenters. The van der Waals surface area contributed by atoms with Crippen molar-refractivity contribution < 1.29 is 9.26 Å². The third-order valence-electron chi connectivity index (χ3n) is 3.53. The normalized spacial score (nSPS) is 18.9. The summed E-state index contributed by atoms with van der Waals surface area (Å²) in [4.78, 5) is 4.47. The predicted octanol–water partition coefficient (Wildman–Crippen LogP) is 2.67. The molecule has 0 unspecified atom stereocenters. The second-order valence-electron chi connectivity index (χ2n) is 5.09. The monoisotopic (exact) mass is 258 g/mol. The molecule has 0 amide bonds. The minimum absolute atomic E-state index is 0.317. The smallest absolute Gasteiger partial charge is 0.226 e. The maximum atomic E-state index is 5.34. The van der Waals surface area contributed by atoms with Gasteiger partial charge in [0.05, 0.1) is 6.61 Å². The molecule has 0 aliphatic carbocycles. The van der Waals surface area contributed by atoms with E-state index in [1.165, 1.54) is 11.1 Å². The van der Waals surface area contributed by atoms with E-state index in [0.717, 1.165) is 44.2 Å². The third kappa shape index (κ3) is 3.01. The fourth-order valence-corrected chi connectivity index (χ4v) is 2.28. The molecule has 1 aliphatic rings. The Morgan fingerprint density at radius 1 is 1.21 bits per heavy atom. The number of aromatic nitrogens is 2. The van der Waals surface area contributed by atoms with Crippen molar-refractivity contribution in [1.29, 1.82) is 0 Å². The molecule has 2 aromatic rings. The molecule has 2 heterocycles. The molecule has 0 radical (unpaired) electrons. The molecule has 1 fully saturated rings. The lowest BCUT2D eigenvalue weighted by Crippen LogP contribution is -2.00. The van der Waals surface area contributed by atoms with Crippen molar-refractivity contribution in [2.45, 2.75) is 32.1 Å². The minimum Gasteiger partial charge on any atom is -0.381 e. The third-order valence-corrected chi connectivity index (χ3v) is 3.53. The largest absolute Gasteiger partial charge is 0.381 e. The van der Waals surface area contributed by atoms with Gasteiger partial charge in [-0.15, -0.1) is 0 Å². The van der Waals surface area contributed by atoms with Gasteiger partial charge in [-0.2, -0.15) is 4.98 Å². The summed E-state index contributed by atoms with van der Waals surface area (Å²) in [6.45, 7) is 3.62. The van der Waals surface area contributed by atoms with Crippen molar-refractivity contribution in [3.05, 3.63) is 47.1 Å². The minimum atomic E-state index is 0.317. The molecule has 100 valence electrons. The van der Waals surface area contributed by atoms with Crippen LogP contribution in [-0.2, 0) is 17.6 Å². The number of aryl methyl sites for hydroxylation is 3. The Kier molecular flexibility index (Phi) is 3.60. The summed E-state index contributed by atoms with van der Waals surface area (Å²) in [7, 11) is 0. The molecular formula is C15H18N2O2.